The molecule has 4 rings (SSSR count). The first-order valence-corrected chi connectivity index (χ1v) is 9.74. The van der Waals surface area contributed by atoms with Crippen LogP contribution in [0.25, 0.3) is 0 Å². The number of morpholine rings is 1. The van der Waals surface area contributed by atoms with E-state index in [1.807, 2.05) is 6.92 Å². The molecule has 138 valence electrons. The van der Waals surface area contributed by atoms with E-state index in [-0.39, 0.29) is 18.3 Å². The number of halogens is 1. The summed E-state index contributed by atoms with van der Waals surface area (Å²) in [5.41, 5.74) is 1.28. The monoisotopic (exact) mass is 375 g/mol. The lowest BCUT2D eigenvalue weighted by molar-refractivity contribution is -0.146. The summed E-state index contributed by atoms with van der Waals surface area (Å²) in [7, 11) is 0. The van der Waals surface area contributed by atoms with Gasteiger partial charge in [-0.25, -0.2) is 9.37 Å². The summed E-state index contributed by atoms with van der Waals surface area (Å²) in [4.78, 5) is 20.9. The summed E-state index contributed by atoms with van der Waals surface area (Å²) in [6, 6.07) is 6.22. The summed E-state index contributed by atoms with van der Waals surface area (Å²) in [5, 5.41) is 3.17. The van der Waals surface area contributed by atoms with Crippen LogP contribution in [0.1, 0.15) is 23.5 Å². The van der Waals surface area contributed by atoms with Crippen LogP contribution in [-0.2, 0) is 16.1 Å². The molecule has 5 nitrogen and oxygen atoms in total. The summed E-state index contributed by atoms with van der Waals surface area (Å²) in [6.07, 6.45) is 1.91. The predicted octanol–water partition coefficient (Wildman–Crippen LogP) is 2.99. The smallest absolute Gasteiger partial charge is 0.253 e. The normalized spacial score (nSPS) is 24.4. The number of benzene rings is 1. The molecule has 0 aliphatic carbocycles. The third-order valence-electron chi connectivity index (χ3n) is 5.04. The maximum absolute atomic E-state index is 13.6. The molecule has 1 amide bonds. The van der Waals surface area contributed by atoms with Crippen molar-refractivity contribution >= 4 is 22.9 Å². The van der Waals surface area contributed by atoms with Crippen LogP contribution >= 0.6 is 11.3 Å². The van der Waals surface area contributed by atoms with Gasteiger partial charge in [-0.3, -0.25) is 9.69 Å². The standard InChI is InChI=1S/C19H22FN3O2S/c1-14-21-16(11-26-14)9-22-7-3-6-19(12-22)13-23(18(24)10-25-19)17-5-2-4-15(20)8-17/h2,4-5,8,11H,3,6-7,9-10,12-13H2,1H3. The van der Waals surface area contributed by atoms with Crippen molar-refractivity contribution in [2.75, 3.05) is 31.1 Å². The molecule has 3 heterocycles. The van der Waals surface area contributed by atoms with Gasteiger partial charge in [0.1, 0.15) is 12.4 Å². The van der Waals surface area contributed by atoms with Crippen molar-refractivity contribution in [2.24, 2.45) is 0 Å². The average molecular weight is 375 g/mol. The number of thiazole rings is 1. The van der Waals surface area contributed by atoms with E-state index in [1.54, 1.807) is 28.4 Å². The van der Waals surface area contributed by atoms with E-state index in [2.05, 4.69) is 15.3 Å². The first-order chi connectivity index (χ1) is 12.5. The molecule has 2 saturated heterocycles. The van der Waals surface area contributed by atoms with Crippen LogP contribution in [0.15, 0.2) is 29.6 Å². The Balaban J connectivity index is 1.50. The minimum atomic E-state index is -0.399. The Hall–Kier alpha value is -1.83. The Morgan fingerprint density at radius 3 is 3.04 bits per heavy atom. The zero-order chi connectivity index (χ0) is 18.1. The molecule has 2 aromatic rings. The van der Waals surface area contributed by atoms with Gasteiger partial charge in [0.25, 0.3) is 5.91 Å². The number of anilines is 1. The van der Waals surface area contributed by atoms with Gasteiger partial charge in [-0.15, -0.1) is 11.3 Å². The minimum absolute atomic E-state index is 0.0418. The summed E-state index contributed by atoms with van der Waals surface area (Å²) in [5.74, 6) is -0.450. The number of amides is 1. The molecule has 1 aromatic heterocycles. The number of rotatable bonds is 3. The van der Waals surface area contributed by atoms with Crippen molar-refractivity contribution < 1.29 is 13.9 Å². The third kappa shape index (κ3) is 3.65. The second-order valence-corrected chi connectivity index (χ2v) is 8.17. The van der Waals surface area contributed by atoms with Crippen molar-refractivity contribution in [1.82, 2.24) is 9.88 Å². The Morgan fingerprint density at radius 1 is 1.38 bits per heavy atom. The van der Waals surface area contributed by atoms with E-state index in [0.29, 0.717) is 12.2 Å². The van der Waals surface area contributed by atoms with Crippen LogP contribution < -0.4 is 4.90 Å². The minimum Gasteiger partial charge on any atom is -0.362 e. The molecular formula is C19H22FN3O2S. The highest BCUT2D eigenvalue weighted by molar-refractivity contribution is 7.09. The number of nitrogens with zero attached hydrogens (tertiary/aromatic N) is 3. The summed E-state index contributed by atoms with van der Waals surface area (Å²) < 4.78 is 19.6. The maximum Gasteiger partial charge on any atom is 0.253 e. The number of carbonyl (C=O) groups excluding carboxylic acids is 1. The predicted molar refractivity (Wildman–Crippen MR) is 98.8 cm³/mol. The Morgan fingerprint density at radius 2 is 2.27 bits per heavy atom. The van der Waals surface area contributed by atoms with E-state index >= 15 is 0 Å². The summed E-state index contributed by atoms with van der Waals surface area (Å²) in [6.45, 7) is 5.06. The molecule has 26 heavy (non-hydrogen) atoms. The lowest BCUT2D eigenvalue weighted by atomic mass is 9.90. The number of likely N-dealkylation sites (tertiary alicyclic amines) is 1. The molecule has 0 bridgehead atoms. The fourth-order valence-electron chi connectivity index (χ4n) is 3.88. The number of carbonyl (C=O) groups is 1. The van der Waals surface area contributed by atoms with Gasteiger partial charge in [0.05, 0.1) is 22.8 Å². The lowest BCUT2D eigenvalue weighted by Crippen LogP contribution is -2.61. The van der Waals surface area contributed by atoms with E-state index in [0.717, 1.165) is 43.2 Å². The fourth-order valence-corrected chi connectivity index (χ4v) is 4.48. The zero-order valence-corrected chi connectivity index (χ0v) is 15.6. The van der Waals surface area contributed by atoms with Gasteiger partial charge in [-0.1, -0.05) is 6.07 Å². The largest absolute Gasteiger partial charge is 0.362 e. The van der Waals surface area contributed by atoms with E-state index in [4.69, 9.17) is 4.74 Å². The highest BCUT2D eigenvalue weighted by Gasteiger charge is 2.43. The molecule has 1 atom stereocenters. The first kappa shape index (κ1) is 17.6. The van der Waals surface area contributed by atoms with E-state index in [9.17, 15) is 9.18 Å². The topological polar surface area (TPSA) is 45.7 Å². The number of aromatic nitrogens is 1. The van der Waals surface area contributed by atoms with Gasteiger partial charge in [0.2, 0.25) is 0 Å². The van der Waals surface area contributed by atoms with Gasteiger partial charge in [0.15, 0.2) is 0 Å². The number of aryl methyl sites for hydroxylation is 1. The zero-order valence-electron chi connectivity index (χ0n) is 14.8. The van der Waals surface area contributed by atoms with Gasteiger partial charge in [0, 0.05) is 24.2 Å². The Kier molecular flexibility index (Phi) is 4.77. The molecule has 2 fully saturated rings. The van der Waals surface area contributed by atoms with Gasteiger partial charge in [-0.2, -0.15) is 0 Å². The highest BCUT2D eigenvalue weighted by Crippen LogP contribution is 2.32. The number of ether oxygens (including phenoxy) is 1. The molecule has 0 N–H and O–H groups in total. The Bertz CT molecular complexity index is 812. The van der Waals surface area contributed by atoms with Crippen LogP contribution in [0.2, 0.25) is 0 Å². The fraction of sp³-hybridized carbons (Fsp3) is 0.474. The molecule has 2 aliphatic rings. The van der Waals surface area contributed by atoms with Crippen LogP contribution in [0.3, 0.4) is 0 Å². The second-order valence-electron chi connectivity index (χ2n) is 7.10. The van der Waals surface area contributed by atoms with Crippen molar-refractivity contribution in [3.63, 3.8) is 0 Å². The molecule has 1 spiro atoms. The molecule has 0 radical (unpaired) electrons. The van der Waals surface area contributed by atoms with Crippen LogP contribution in [0, 0.1) is 12.7 Å². The lowest BCUT2D eigenvalue weighted by Gasteiger charge is -2.47. The molecule has 1 aromatic carbocycles. The van der Waals surface area contributed by atoms with Crippen molar-refractivity contribution in [1.29, 1.82) is 0 Å². The molecule has 2 aliphatic heterocycles. The second kappa shape index (κ2) is 7.06. The van der Waals surface area contributed by atoms with Crippen molar-refractivity contribution in [3.8, 4) is 0 Å². The van der Waals surface area contributed by atoms with Crippen LogP contribution in [0.4, 0.5) is 10.1 Å². The summed E-state index contributed by atoms with van der Waals surface area (Å²) >= 11 is 1.66. The molecular weight excluding hydrogens is 353 g/mol. The third-order valence-corrected chi connectivity index (χ3v) is 5.86. The van der Waals surface area contributed by atoms with Crippen LogP contribution in [0.5, 0.6) is 0 Å². The average Bonchev–Trinajstić information content (AvgIpc) is 3.02. The number of hydrogen-bond acceptors (Lipinski definition) is 5. The number of hydrogen-bond donors (Lipinski definition) is 0. The van der Waals surface area contributed by atoms with Crippen LogP contribution in [-0.4, -0.2) is 47.6 Å². The molecule has 7 heteroatoms. The van der Waals surface area contributed by atoms with Gasteiger partial charge >= 0.3 is 0 Å². The first-order valence-electron chi connectivity index (χ1n) is 8.86. The SMILES string of the molecule is Cc1nc(CN2CCCC3(C2)CN(c2cccc(F)c2)C(=O)CO3)cs1. The Labute approximate surface area is 156 Å². The quantitative estimate of drug-likeness (QED) is 0.827. The molecule has 0 saturated carbocycles. The van der Waals surface area contributed by atoms with E-state index < -0.39 is 5.60 Å². The van der Waals surface area contributed by atoms with Crippen molar-refractivity contribution in [3.05, 3.63) is 46.2 Å². The number of piperidine rings is 1. The van der Waals surface area contributed by atoms with E-state index in [1.165, 1.54) is 12.1 Å². The van der Waals surface area contributed by atoms with Gasteiger partial charge in [-0.05, 0) is 44.5 Å². The van der Waals surface area contributed by atoms with Crippen molar-refractivity contribution in [2.45, 2.75) is 31.9 Å². The van der Waals surface area contributed by atoms with Gasteiger partial charge < -0.3 is 9.64 Å². The highest BCUT2D eigenvalue weighted by atomic mass is 32.1. The molecule has 1 unspecified atom stereocenters. The maximum atomic E-state index is 13.6.